The molecule has 38 heavy (non-hydrogen) atoms. The third kappa shape index (κ3) is 8.41. The zero-order valence-electron chi connectivity index (χ0n) is 22.7. The Kier molecular flexibility index (Phi) is 10.1. The molecule has 206 valence electrons. The summed E-state index contributed by atoms with van der Waals surface area (Å²) in [5.41, 5.74) is 2.22. The van der Waals surface area contributed by atoms with Gasteiger partial charge in [-0.15, -0.1) is 0 Å². The normalized spacial score (nSPS) is 18.3. The van der Waals surface area contributed by atoms with Gasteiger partial charge in [0.25, 0.3) is 5.91 Å². The maximum atomic E-state index is 13.5. The lowest BCUT2D eigenvalue weighted by Crippen LogP contribution is -2.45. The molecule has 0 bridgehead atoms. The van der Waals surface area contributed by atoms with E-state index >= 15 is 0 Å². The molecule has 0 radical (unpaired) electrons. The Morgan fingerprint density at radius 2 is 1.58 bits per heavy atom. The van der Waals surface area contributed by atoms with E-state index in [2.05, 4.69) is 31.4 Å². The summed E-state index contributed by atoms with van der Waals surface area (Å²) in [4.78, 5) is 39.1. The van der Waals surface area contributed by atoms with Crippen molar-refractivity contribution >= 4 is 34.4 Å². The second kappa shape index (κ2) is 13.0. The number of urea groups is 1. The second-order valence-electron chi connectivity index (χ2n) is 11.0. The summed E-state index contributed by atoms with van der Waals surface area (Å²) in [6.45, 7) is 7.28. The SMILES string of the molecule is CS(=O)c1ccc(NC(=O)N(Cc2ccc(C(=O)NCCC(=O)O)cc2)C2CCC(C(C)(C)C)CC2)cc1. The van der Waals surface area contributed by atoms with Crippen LogP contribution in [0.4, 0.5) is 10.5 Å². The summed E-state index contributed by atoms with van der Waals surface area (Å²) in [5, 5.41) is 14.4. The largest absolute Gasteiger partial charge is 0.481 e. The van der Waals surface area contributed by atoms with Gasteiger partial charge >= 0.3 is 12.0 Å². The van der Waals surface area contributed by atoms with Crippen molar-refractivity contribution in [3.63, 3.8) is 0 Å². The van der Waals surface area contributed by atoms with Gasteiger partial charge in [0, 0.05) is 52.3 Å². The molecule has 1 aliphatic carbocycles. The highest BCUT2D eigenvalue weighted by atomic mass is 32.2. The van der Waals surface area contributed by atoms with Gasteiger partial charge in [-0.2, -0.15) is 0 Å². The lowest BCUT2D eigenvalue weighted by molar-refractivity contribution is -0.136. The number of nitrogens with zero attached hydrogens (tertiary/aromatic N) is 1. The Balaban J connectivity index is 1.73. The number of nitrogens with one attached hydrogen (secondary N) is 2. The van der Waals surface area contributed by atoms with Gasteiger partial charge in [0.05, 0.1) is 6.42 Å². The van der Waals surface area contributed by atoms with Crippen LogP contribution in [0.5, 0.6) is 0 Å². The molecule has 8 nitrogen and oxygen atoms in total. The molecule has 1 fully saturated rings. The van der Waals surface area contributed by atoms with Crippen molar-refractivity contribution in [1.82, 2.24) is 10.2 Å². The summed E-state index contributed by atoms with van der Waals surface area (Å²) < 4.78 is 11.7. The van der Waals surface area contributed by atoms with E-state index in [4.69, 9.17) is 5.11 Å². The maximum Gasteiger partial charge on any atom is 0.322 e. The fourth-order valence-electron chi connectivity index (χ4n) is 4.89. The number of benzene rings is 2. The quantitative estimate of drug-likeness (QED) is 0.400. The van der Waals surface area contributed by atoms with Crippen LogP contribution in [-0.2, 0) is 22.1 Å². The number of hydrogen-bond acceptors (Lipinski definition) is 4. The number of amides is 3. The van der Waals surface area contributed by atoms with Gasteiger partial charge in [-0.05, 0) is 79.0 Å². The van der Waals surface area contributed by atoms with E-state index in [1.54, 1.807) is 42.7 Å². The van der Waals surface area contributed by atoms with E-state index in [1.165, 1.54) is 0 Å². The van der Waals surface area contributed by atoms with Crippen LogP contribution < -0.4 is 10.6 Å². The van der Waals surface area contributed by atoms with Crippen LogP contribution in [0.25, 0.3) is 0 Å². The van der Waals surface area contributed by atoms with Gasteiger partial charge in [0.2, 0.25) is 0 Å². The minimum Gasteiger partial charge on any atom is -0.481 e. The third-order valence-electron chi connectivity index (χ3n) is 7.25. The highest BCUT2D eigenvalue weighted by Gasteiger charge is 2.33. The van der Waals surface area contributed by atoms with Crippen molar-refractivity contribution in [3.8, 4) is 0 Å². The van der Waals surface area contributed by atoms with Crippen LogP contribution in [0.3, 0.4) is 0 Å². The van der Waals surface area contributed by atoms with Gasteiger partial charge in [0.1, 0.15) is 0 Å². The zero-order valence-corrected chi connectivity index (χ0v) is 23.5. The highest BCUT2D eigenvalue weighted by Crippen LogP contribution is 2.39. The van der Waals surface area contributed by atoms with Crippen LogP contribution in [0.2, 0.25) is 0 Å². The molecule has 1 atom stereocenters. The molecule has 0 aliphatic heterocycles. The molecular formula is C29H39N3O5S. The highest BCUT2D eigenvalue weighted by molar-refractivity contribution is 7.84. The molecule has 3 N–H and O–H groups in total. The average Bonchev–Trinajstić information content (AvgIpc) is 2.87. The van der Waals surface area contributed by atoms with Crippen molar-refractivity contribution in [2.45, 2.75) is 70.4 Å². The monoisotopic (exact) mass is 541 g/mol. The molecule has 0 spiro atoms. The van der Waals surface area contributed by atoms with E-state index in [1.807, 2.05) is 17.0 Å². The molecular weight excluding hydrogens is 502 g/mol. The summed E-state index contributed by atoms with van der Waals surface area (Å²) in [7, 11) is -1.09. The predicted octanol–water partition coefficient (Wildman–Crippen LogP) is 5.27. The number of rotatable bonds is 9. The Bertz CT molecular complexity index is 1130. The number of aliphatic carboxylic acids is 1. The summed E-state index contributed by atoms with van der Waals surface area (Å²) in [5.74, 6) is -0.679. The zero-order chi connectivity index (χ0) is 27.9. The average molecular weight is 542 g/mol. The molecule has 9 heteroatoms. The van der Waals surface area contributed by atoms with E-state index in [0.717, 1.165) is 31.2 Å². The van der Waals surface area contributed by atoms with Gasteiger partial charge < -0.3 is 20.6 Å². The number of carbonyl (C=O) groups is 3. The Labute approximate surface area is 227 Å². The minimum atomic E-state index is -1.09. The summed E-state index contributed by atoms with van der Waals surface area (Å²) in [6, 6.07) is 14.0. The number of carboxylic acids is 1. The summed E-state index contributed by atoms with van der Waals surface area (Å²) in [6.07, 6.45) is 5.45. The molecule has 1 aliphatic rings. The van der Waals surface area contributed by atoms with E-state index in [9.17, 15) is 18.6 Å². The molecule has 1 saturated carbocycles. The molecule has 2 aromatic carbocycles. The number of hydrogen-bond donors (Lipinski definition) is 3. The Morgan fingerprint density at radius 1 is 0.974 bits per heavy atom. The van der Waals surface area contributed by atoms with Crippen LogP contribution in [0.15, 0.2) is 53.4 Å². The molecule has 0 saturated heterocycles. The first-order valence-electron chi connectivity index (χ1n) is 13.0. The minimum absolute atomic E-state index is 0.0657. The van der Waals surface area contributed by atoms with Crippen LogP contribution in [-0.4, -0.2) is 51.0 Å². The van der Waals surface area contributed by atoms with Crippen molar-refractivity contribution in [2.75, 3.05) is 18.1 Å². The molecule has 1 unspecified atom stereocenters. The fraction of sp³-hybridized carbons (Fsp3) is 0.483. The topological polar surface area (TPSA) is 116 Å². The first kappa shape index (κ1) is 29.4. The fourth-order valence-corrected chi connectivity index (χ4v) is 5.41. The van der Waals surface area contributed by atoms with Gasteiger partial charge in [0.15, 0.2) is 0 Å². The summed E-state index contributed by atoms with van der Waals surface area (Å²) >= 11 is 0. The Morgan fingerprint density at radius 3 is 2.11 bits per heavy atom. The van der Waals surface area contributed by atoms with E-state index in [0.29, 0.717) is 28.6 Å². The van der Waals surface area contributed by atoms with Crippen LogP contribution in [0, 0.1) is 11.3 Å². The lowest BCUT2D eigenvalue weighted by atomic mass is 9.71. The molecule has 0 heterocycles. The van der Waals surface area contributed by atoms with E-state index < -0.39 is 16.8 Å². The molecule has 2 aromatic rings. The lowest BCUT2D eigenvalue weighted by Gasteiger charge is -2.41. The van der Waals surface area contributed by atoms with Gasteiger partial charge in [-0.1, -0.05) is 32.9 Å². The Hall–Kier alpha value is -3.20. The van der Waals surface area contributed by atoms with Gasteiger partial charge in [-0.3, -0.25) is 13.8 Å². The van der Waals surface area contributed by atoms with Crippen LogP contribution in [0.1, 0.15) is 68.8 Å². The standard InChI is InChI=1S/C29H39N3O5S/c1-29(2,3)22-9-13-24(14-10-22)32(28(36)31-23-11-15-25(16-12-23)38(4)37)19-20-5-7-21(8-6-20)27(35)30-18-17-26(33)34/h5-8,11-12,15-16,22,24H,9-10,13-14,17-19H2,1-4H3,(H,30,35)(H,31,36)(H,33,34). The van der Waals surface area contributed by atoms with Crippen molar-refractivity contribution in [2.24, 2.45) is 11.3 Å². The maximum absolute atomic E-state index is 13.5. The number of carboxylic acid groups (broad SMARTS) is 1. The molecule has 3 amide bonds. The van der Waals surface area contributed by atoms with Gasteiger partial charge in [-0.25, -0.2) is 4.79 Å². The third-order valence-corrected chi connectivity index (χ3v) is 8.19. The number of carbonyl (C=O) groups excluding carboxylic acids is 2. The predicted molar refractivity (Wildman–Crippen MR) is 150 cm³/mol. The van der Waals surface area contributed by atoms with E-state index in [-0.39, 0.29) is 36.4 Å². The van der Waals surface area contributed by atoms with Crippen molar-refractivity contribution in [3.05, 3.63) is 59.7 Å². The first-order chi connectivity index (χ1) is 17.9. The molecule has 0 aromatic heterocycles. The second-order valence-corrected chi connectivity index (χ2v) is 12.4. The van der Waals surface area contributed by atoms with Crippen LogP contribution >= 0.6 is 0 Å². The number of anilines is 1. The first-order valence-corrected chi connectivity index (χ1v) is 14.6. The van der Waals surface area contributed by atoms with Crippen molar-refractivity contribution < 1.29 is 23.7 Å². The van der Waals surface area contributed by atoms with Crippen molar-refractivity contribution in [1.29, 1.82) is 0 Å². The molecule has 3 rings (SSSR count). The smallest absolute Gasteiger partial charge is 0.322 e.